The molecular formula is C28H38O2. The van der Waals surface area contributed by atoms with E-state index in [4.69, 9.17) is 4.74 Å². The second kappa shape index (κ2) is 6.36. The van der Waals surface area contributed by atoms with E-state index in [1.54, 1.807) is 0 Å². The number of carbonyl (C=O) groups is 1. The zero-order chi connectivity index (χ0) is 20.8. The van der Waals surface area contributed by atoms with Crippen molar-refractivity contribution >= 4 is 5.97 Å². The smallest absolute Gasteiger partial charge is 0.338 e. The summed E-state index contributed by atoms with van der Waals surface area (Å²) in [4.78, 5) is 13.3. The Kier molecular flexibility index (Phi) is 4.11. The van der Waals surface area contributed by atoms with Crippen molar-refractivity contribution in [1.29, 1.82) is 0 Å². The van der Waals surface area contributed by atoms with E-state index < -0.39 is 0 Å². The maximum absolute atomic E-state index is 13.3. The lowest BCUT2D eigenvalue weighted by Crippen LogP contribution is -2.73. The molecule has 7 saturated carbocycles. The monoisotopic (exact) mass is 406 g/mol. The molecule has 0 aromatic heterocycles. The Bertz CT molecular complexity index is 828. The van der Waals surface area contributed by atoms with Crippen LogP contribution in [0.3, 0.4) is 0 Å². The van der Waals surface area contributed by atoms with Crippen LogP contribution in [0.25, 0.3) is 0 Å². The number of benzene rings is 1. The Labute approximate surface area is 182 Å². The molecule has 0 spiro atoms. The second-order valence-corrected chi connectivity index (χ2v) is 12.2. The Morgan fingerprint density at radius 3 is 2.20 bits per heavy atom. The molecule has 1 aromatic carbocycles. The van der Waals surface area contributed by atoms with Crippen LogP contribution < -0.4 is 0 Å². The quantitative estimate of drug-likeness (QED) is 0.500. The Morgan fingerprint density at radius 2 is 1.60 bits per heavy atom. The average molecular weight is 407 g/mol. The third-order valence-electron chi connectivity index (χ3n) is 10.9. The van der Waals surface area contributed by atoms with Crippen LogP contribution in [0, 0.1) is 46.8 Å². The van der Waals surface area contributed by atoms with Crippen molar-refractivity contribution in [2.45, 2.75) is 84.2 Å². The highest BCUT2D eigenvalue weighted by molar-refractivity contribution is 5.89. The maximum atomic E-state index is 13.3. The van der Waals surface area contributed by atoms with Gasteiger partial charge >= 0.3 is 5.97 Å². The van der Waals surface area contributed by atoms with Crippen LogP contribution in [0.1, 0.15) is 94.5 Å². The van der Waals surface area contributed by atoms with E-state index in [9.17, 15) is 4.79 Å². The van der Waals surface area contributed by atoms with Gasteiger partial charge in [0.2, 0.25) is 0 Å². The van der Waals surface area contributed by atoms with Crippen molar-refractivity contribution in [3.05, 3.63) is 35.4 Å². The lowest BCUT2D eigenvalue weighted by atomic mass is 9.28. The molecule has 2 nitrogen and oxygen atoms in total. The summed E-state index contributed by atoms with van der Waals surface area (Å²) in [6, 6.07) is 8.20. The highest BCUT2D eigenvalue weighted by Gasteiger charge is 2.74. The van der Waals surface area contributed by atoms with Crippen LogP contribution in [0.2, 0.25) is 0 Å². The van der Waals surface area contributed by atoms with Crippen molar-refractivity contribution in [2.24, 2.45) is 46.8 Å². The van der Waals surface area contributed by atoms with E-state index in [0.717, 1.165) is 47.8 Å². The molecule has 7 aliphatic rings. The summed E-state index contributed by atoms with van der Waals surface area (Å²) in [5.41, 5.74) is 1.87. The maximum Gasteiger partial charge on any atom is 0.338 e. The predicted octanol–water partition coefficient (Wildman–Crippen LogP) is 6.84. The Balaban J connectivity index is 1.29. The molecule has 5 atom stereocenters. The van der Waals surface area contributed by atoms with E-state index in [-0.39, 0.29) is 17.0 Å². The molecule has 0 radical (unpaired) electrons. The van der Waals surface area contributed by atoms with Gasteiger partial charge in [-0.05, 0) is 124 Å². The number of rotatable bonds is 5. The SMILES string of the molecule is CCC(C)c1ccc(C(=O)OC(C)(C)C23CC4CC5C6CC(CC52)CC3C6C4)cc1. The van der Waals surface area contributed by atoms with Crippen LogP contribution >= 0.6 is 0 Å². The van der Waals surface area contributed by atoms with Gasteiger partial charge in [0.25, 0.3) is 0 Å². The van der Waals surface area contributed by atoms with E-state index in [2.05, 4.69) is 39.8 Å². The summed E-state index contributed by atoms with van der Waals surface area (Å²) in [6.45, 7) is 8.99. The van der Waals surface area contributed by atoms with Crippen molar-refractivity contribution in [1.82, 2.24) is 0 Å². The fourth-order valence-electron chi connectivity index (χ4n) is 9.66. The summed E-state index contributed by atoms with van der Waals surface area (Å²) < 4.78 is 6.48. The molecule has 0 N–H and O–H groups in total. The first-order valence-corrected chi connectivity index (χ1v) is 12.7. The van der Waals surface area contributed by atoms with Crippen LogP contribution in [0.15, 0.2) is 24.3 Å². The van der Waals surface area contributed by atoms with Crippen molar-refractivity contribution < 1.29 is 9.53 Å². The van der Waals surface area contributed by atoms with Gasteiger partial charge in [-0.25, -0.2) is 4.79 Å². The molecule has 8 rings (SSSR count). The van der Waals surface area contributed by atoms with E-state index in [1.165, 1.54) is 44.1 Å². The molecule has 30 heavy (non-hydrogen) atoms. The third kappa shape index (κ3) is 2.40. The summed E-state index contributed by atoms with van der Waals surface area (Å²) >= 11 is 0. The summed E-state index contributed by atoms with van der Waals surface area (Å²) in [5, 5.41) is 0. The van der Waals surface area contributed by atoms with Gasteiger partial charge < -0.3 is 4.74 Å². The second-order valence-electron chi connectivity index (χ2n) is 12.2. The van der Waals surface area contributed by atoms with Gasteiger partial charge in [-0.1, -0.05) is 26.0 Å². The largest absolute Gasteiger partial charge is 0.455 e. The zero-order valence-corrected chi connectivity index (χ0v) is 19.2. The first-order valence-electron chi connectivity index (χ1n) is 12.7. The van der Waals surface area contributed by atoms with Crippen LogP contribution in [-0.4, -0.2) is 11.6 Å². The molecule has 0 aliphatic heterocycles. The van der Waals surface area contributed by atoms with Crippen molar-refractivity contribution in [2.75, 3.05) is 0 Å². The number of carbonyl (C=O) groups excluding carboxylic acids is 1. The minimum atomic E-state index is -0.377. The normalized spacial score (nSPS) is 43.8. The summed E-state index contributed by atoms with van der Waals surface area (Å²) in [7, 11) is 0. The molecule has 162 valence electrons. The van der Waals surface area contributed by atoms with Gasteiger partial charge in [-0.15, -0.1) is 0 Å². The lowest BCUT2D eigenvalue weighted by molar-refractivity contribution is -0.304. The highest BCUT2D eigenvalue weighted by atomic mass is 16.6. The van der Waals surface area contributed by atoms with E-state index in [0.29, 0.717) is 11.5 Å². The van der Waals surface area contributed by atoms with Gasteiger partial charge in [-0.2, -0.15) is 0 Å². The first kappa shape index (κ1) is 19.4. The third-order valence-corrected chi connectivity index (χ3v) is 10.9. The van der Waals surface area contributed by atoms with Crippen LogP contribution in [0.4, 0.5) is 0 Å². The van der Waals surface area contributed by atoms with E-state index >= 15 is 0 Å². The Hall–Kier alpha value is -1.31. The number of hydrogen-bond donors (Lipinski definition) is 0. The average Bonchev–Trinajstić information content (AvgIpc) is 2.75. The summed E-state index contributed by atoms with van der Waals surface area (Å²) in [6.07, 6.45) is 9.68. The van der Waals surface area contributed by atoms with Crippen LogP contribution in [0.5, 0.6) is 0 Å². The fourth-order valence-corrected chi connectivity index (χ4v) is 9.66. The minimum Gasteiger partial charge on any atom is -0.455 e. The number of esters is 1. The zero-order valence-electron chi connectivity index (χ0n) is 19.2. The molecule has 8 bridgehead atoms. The molecular weight excluding hydrogens is 368 g/mol. The van der Waals surface area contributed by atoms with Crippen molar-refractivity contribution in [3.63, 3.8) is 0 Å². The van der Waals surface area contributed by atoms with Gasteiger partial charge in [0.15, 0.2) is 0 Å². The lowest BCUT2D eigenvalue weighted by Gasteiger charge is -2.77. The van der Waals surface area contributed by atoms with E-state index in [1.807, 2.05) is 12.1 Å². The van der Waals surface area contributed by atoms with Gasteiger partial charge in [0.1, 0.15) is 5.60 Å². The molecule has 5 unspecified atom stereocenters. The predicted molar refractivity (Wildman–Crippen MR) is 119 cm³/mol. The molecule has 1 aromatic rings. The summed E-state index contributed by atoms with van der Waals surface area (Å²) in [5.74, 6) is 6.68. The van der Waals surface area contributed by atoms with Gasteiger partial charge in [-0.3, -0.25) is 0 Å². The minimum absolute atomic E-state index is 0.116. The number of ether oxygens (including phenoxy) is 1. The van der Waals surface area contributed by atoms with Crippen LogP contribution in [-0.2, 0) is 4.74 Å². The highest BCUT2D eigenvalue weighted by Crippen LogP contribution is 2.78. The molecule has 0 saturated heterocycles. The molecule has 0 heterocycles. The molecule has 7 aliphatic carbocycles. The molecule has 7 fully saturated rings. The van der Waals surface area contributed by atoms with Gasteiger partial charge in [0.05, 0.1) is 5.56 Å². The molecule has 0 amide bonds. The van der Waals surface area contributed by atoms with Gasteiger partial charge in [0, 0.05) is 5.41 Å². The topological polar surface area (TPSA) is 26.3 Å². The first-order chi connectivity index (χ1) is 14.3. The fraction of sp³-hybridized carbons (Fsp3) is 0.750. The number of hydrogen-bond acceptors (Lipinski definition) is 2. The van der Waals surface area contributed by atoms with Crippen molar-refractivity contribution in [3.8, 4) is 0 Å². The molecule has 2 heteroatoms. The Morgan fingerprint density at radius 1 is 1.00 bits per heavy atom. The standard InChI is InChI=1S/C28H38O2/c1-5-16(2)19-6-8-20(9-7-19)26(29)30-27(3,4)28-15-18-11-22-21-10-17(13-24(22)28)14-25(28)23(21)12-18/h6-9,16-18,21-25H,5,10-15H2,1-4H3.